The van der Waals surface area contributed by atoms with E-state index in [0.717, 1.165) is 29.9 Å². The van der Waals surface area contributed by atoms with Gasteiger partial charge >= 0.3 is 0 Å². The number of hydrogen-bond acceptors (Lipinski definition) is 5. The summed E-state index contributed by atoms with van der Waals surface area (Å²) in [4.78, 5) is 9.30. The van der Waals surface area contributed by atoms with Crippen LogP contribution >= 0.6 is 0 Å². The summed E-state index contributed by atoms with van der Waals surface area (Å²) in [5.74, 6) is 1.51. The van der Waals surface area contributed by atoms with Gasteiger partial charge in [0.1, 0.15) is 5.82 Å². The molecule has 1 aromatic carbocycles. The van der Waals surface area contributed by atoms with Crippen molar-refractivity contribution in [2.24, 2.45) is 0 Å². The molecule has 1 aromatic heterocycles. The van der Waals surface area contributed by atoms with Crippen LogP contribution in [0.1, 0.15) is 5.82 Å². The highest BCUT2D eigenvalue weighted by molar-refractivity contribution is 7.91. The Hall–Kier alpha value is -1.70. The number of para-hydroxylation sites is 2. The van der Waals surface area contributed by atoms with Gasteiger partial charge in [0.15, 0.2) is 9.84 Å². The Balaban J connectivity index is 1.67. The number of allylic oxidation sites excluding steroid dienone is 1. The number of rotatable bonds is 4. The van der Waals surface area contributed by atoms with E-state index in [1.54, 1.807) is 0 Å². The van der Waals surface area contributed by atoms with Gasteiger partial charge in [-0.3, -0.25) is 9.80 Å². The van der Waals surface area contributed by atoms with E-state index in [2.05, 4.69) is 27.0 Å². The van der Waals surface area contributed by atoms with Gasteiger partial charge < -0.3 is 4.57 Å². The first-order valence-electron chi connectivity index (χ1n) is 8.68. The third kappa shape index (κ3) is 3.01. The molecule has 25 heavy (non-hydrogen) atoms. The summed E-state index contributed by atoms with van der Waals surface area (Å²) in [6, 6.07) is 8.25. The Morgan fingerprint density at radius 1 is 1.24 bits per heavy atom. The number of piperazine rings is 1. The third-order valence-corrected chi connectivity index (χ3v) is 7.16. The Morgan fingerprint density at radius 2 is 2.00 bits per heavy atom. The number of fused-ring (bicyclic) bond motifs is 2. The summed E-state index contributed by atoms with van der Waals surface area (Å²) < 4.78 is 26.5. The van der Waals surface area contributed by atoms with E-state index < -0.39 is 9.84 Å². The van der Waals surface area contributed by atoms with E-state index in [9.17, 15) is 8.42 Å². The molecule has 2 aromatic rings. The minimum Gasteiger partial charge on any atom is -0.323 e. The van der Waals surface area contributed by atoms with Crippen LogP contribution in [0.3, 0.4) is 0 Å². The molecule has 0 bridgehead atoms. The molecule has 2 fully saturated rings. The van der Waals surface area contributed by atoms with Crippen LogP contribution in [0.5, 0.6) is 0 Å². The molecule has 0 spiro atoms. The van der Waals surface area contributed by atoms with Gasteiger partial charge in [-0.15, -0.1) is 6.58 Å². The maximum absolute atomic E-state index is 12.2. The number of imidazole rings is 1. The van der Waals surface area contributed by atoms with Crippen molar-refractivity contribution in [1.82, 2.24) is 19.4 Å². The number of likely N-dealkylation sites (N-methyl/N-ethyl adjacent to an activating group) is 1. The van der Waals surface area contributed by atoms with Gasteiger partial charge in [0, 0.05) is 31.7 Å². The van der Waals surface area contributed by atoms with Crippen molar-refractivity contribution in [3.63, 3.8) is 0 Å². The summed E-state index contributed by atoms with van der Waals surface area (Å²) in [7, 11) is -0.928. The maximum atomic E-state index is 12.2. The molecule has 134 valence electrons. The van der Waals surface area contributed by atoms with Crippen LogP contribution in [0.25, 0.3) is 11.0 Å². The summed E-state index contributed by atoms with van der Waals surface area (Å²) in [6.07, 6.45) is 1.88. The lowest BCUT2D eigenvalue weighted by Crippen LogP contribution is -2.57. The van der Waals surface area contributed by atoms with Gasteiger partial charge in [0.2, 0.25) is 0 Å². The summed E-state index contributed by atoms with van der Waals surface area (Å²) >= 11 is 0. The molecule has 0 radical (unpaired) electrons. The lowest BCUT2D eigenvalue weighted by molar-refractivity contribution is 0.0549. The molecule has 0 N–H and O–H groups in total. The minimum absolute atomic E-state index is 0.0562. The van der Waals surface area contributed by atoms with Gasteiger partial charge in [-0.1, -0.05) is 18.2 Å². The number of benzene rings is 1. The van der Waals surface area contributed by atoms with Gasteiger partial charge in [-0.05, 0) is 19.2 Å². The topological polar surface area (TPSA) is 58.4 Å². The first-order valence-corrected chi connectivity index (χ1v) is 10.5. The van der Waals surface area contributed by atoms with E-state index >= 15 is 0 Å². The second-order valence-corrected chi connectivity index (χ2v) is 9.23. The lowest BCUT2D eigenvalue weighted by atomic mass is 10.1. The zero-order chi connectivity index (χ0) is 17.6. The smallest absolute Gasteiger partial charge is 0.153 e. The van der Waals surface area contributed by atoms with E-state index in [1.807, 2.05) is 31.3 Å². The molecule has 0 aliphatic carbocycles. The normalized spacial score (nSPS) is 26.8. The molecular weight excluding hydrogens is 336 g/mol. The van der Waals surface area contributed by atoms with Crippen molar-refractivity contribution < 1.29 is 8.42 Å². The first kappa shape index (κ1) is 16.8. The minimum atomic E-state index is -2.96. The largest absolute Gasteiger partial charge is 0.323 e. The van der Waals surface area contributed by atoms with E-state index in [1.165, 1.54) is 0 Å². The van der Waals surface area contributed by atoms with Crippen molar-refractivity contribution in [2.75, 3.05) is 31.6 Å². The number of sulfone groups is 1. The lowest BCUT2D eigenvalue weighted by Gasteiger charge is -2.42. The first-order chi connectivity index (χ1) is 12.0. The molecule has 7 heteroatoms. The van der Waals surface area contributed by atoms with Crippen molar-refractivity contribution in [1.29, 1.82) is 0 Å². The highest BCUT2D eigenvalue weighted by atomic mass is 32.2. The third-order valence-electron chi connectivity index (χ3n) is 5.46. The predicted molar refractivity (Wildman–Crippen MR) is 99.2 cm³/mol. The highest BCUT2D eigenvalue weighted by Gasteiger charge is 2.45. The average Bonchev–Trinajstić information content (AvgIpc) is 3.09. The van der Waals surface area contributed by atoms with Crippen molar-refractivity contribution >= 4 is 20.9 Å². The zero-order valence-electron chi connectivity index (χ0n) is 14.5. The molecule has 0 saturated carbocycles. The Kier molecular flexibility index (Phi) is 4.17. The standard InChI is InChI=1S/C18H24N4O2S/c1-3-8-22-15-7-5-4-6-14(15)19-18(22)11-21-10-9-20(2)16-12-25(23,24)13-17(16)21/h3-7,16-17H,1,8-13H2,2H3/t16-,17+/m0/s1. The molecular formula is C18H24N4O2S. The molecule has 3 heterocycles. The quantitative estimate of drug-likeness (QED) is 0.765. The van der Waals surface area contributed by atoms with Crippen LogP contribution in [0, 0.1) is 0 Å². The number of aromatic nitrogens is 2. The molecule has 0 unspecified atom stereocenters. The molecule has 2 atom stereocenters. The molecule has 2 saturated heterocycles. The van der Waals surface area contributed by atoms with Crippen molar-refractivity contribution in [3.8, 4) is 0 Å². The Labute approximate surface area is 148 Å². The van der Waals surface area contributed by atoms with Gasteiger partial charge in [-0.25, -0.2) is 13.4 Å². The molecule has 4 rings (SSSR count). The van der Waals surface area contributed by atoms with Gasteiger partial charge in [0.25, 0.3) is 0 Å². The SMILES string of the molecule is C=CCn1c(CN2CCN(C)[C@H]3CS(=O)(=O)C[C@H]32)nc2ccccc21. The van der Waals surface area contributed by atoms with Crippen LogP contribution in [0.2, 0.25) is 0 Å². The fourth-order valence-electron chi connectivity index (χ4n) is 4.15. The fourth-order valence-corrected chi connectivity index (χ4v) is 6.24. The fraction of sp³-hybridized carbons (Fsp3) is 0.500. The van der Waals surface area contributed by atoms with Crippen LogP contribution in [-0.4, -0.2) is 71.5 Å². The van der Waals surface area contributed by atoms with Crippen LogP contribution in [0.4, 0.5) is 0 Å². The van der Waals surface area contributed by atoms with Gasteiger partial charge in [0.05, 0.1) is 29.1 Å². The van der Waals surface area contributed by atoms with Crippen LogP contribution in [-0.2, 0) is 22.9 Å². The second kappa shape index (κ2) is 6.23. The van der Waals surface area contributed by atoms with Crippen LogP contribution < -0.4 is 0 Å². The molecule has 6 nitrogen and oxygen atoms in total. The summed E-state index contributed by atoms with van der Waals surface area (Å²) in [5, 5.41) is 0. The monoisotopic (exact) mass is 360 g/mol. The maximum Gasteiger partial charge on any atom is 0.153 e. The number of hydrogen-bond donors (Lipinski definition) is 0. The Morgan fingerprint density at radius 3 is 2.80 bits per heavy atom. The summed E-state index contributed by atoms with van der Waals surface area (Å²) in [6.45, 7) is 7.00. The van der Waals surface area contributed by atoms with Gasteiger partial charge in [-0.2, -0.15) is 0 Å². The average molecular weight is 360 g/mol. The highest BCUT2D eigenvalue weighted by Crippen LogP contribution is 2.28. The summed E-state index contributed by atoms with van der Waals surface area (Å²) in [5.41, 5.74) is 2.08. The number of nitrogens with zero attached hydrogens (tertiary/aromatic N) is 4. The Bertz CT molecular complexity index is 905. The van der Waals surface area contributed by atoms with E-state index in [0.29, 0.717) is 13.1 Å². The van der Waals surface area contributed by atoms with E-state index in [-0.39, 0.29) is 23.6 Å². The van der Waals surface area contributed by atoms with Crippen LogP contribution in [0.15, 0.2) is 36.9 Å². The van der Waals surface area contributed by atoms with E-state index in [4.69, 9.17) is 4.98 Å². The molecule has 2 aliphatic heterocycles. The zero-order valence-corrected chi connectivity index (χ0v) is 15.3. The van der Waals surface area contributed by atoms with Crippen molar-refractivity contribution in [3.05, 3.63) is 42.7 Å². The molecule has 2 aliphatic rings. The second-order valence-electron chi connectivity index (χ2n) is 7.08. The van der Waals surface area contributed by atoms with Crippen molar-refractivity contribution in [2.45, 2.75) is 25.2 Å². The predicted octanol–water partition coefficient (Wildman–Crippen LogP) is 1.14. The molecule has 0 amide bonds.